The monoisotopic (exact) mass is 200 g/mol. The Morgan fingerprint density at radius 1 is 1.36 bits per heavy atom. The number of carbonyl (C=O) groups is 1. The average Bonchev–Trinajstić information content (AvgIpc) is 2.12. The Morgan fingerprint density at radius 3 is 2.29 bits per heavy atom. The molecule has 3 N–H and O–H groups in total. The van der Waals surface area contributed by atoms with Crippen LogP contribution < -0.4 is 11.1 Å². The van der Waals surface area contributed by atoms with Crippen molar-refractivity contribution in [2.24, 2.45) is 17.6 Å². The number of hydrogen-bond donors (Lipinski definition) is 2. The van der Waals surface area contributed by atoms with Gasteiger partial charge in [-0.3, -0.25) is 4.79 Å². The number of carbonyl (C=O) groups excluding carboxylic acids is 1. The molecule has 0 saturated heterocycles. The fourth-order valence-corrected chi connectivity index (χ4v) is 1.37. The van der Waals surface area contributed by atoms with Crippen LogP contribution in [0.3, 0.4) is 0 Å². The van der Waals surface area contributed by atoms with Crippen molar-refractivity contribution in [2.75, 3.05) is 6.54 Å². The second kappa shape index (κ2) is 6.82. The third-order valence-corrected chi connectivity index (χ3v) is 2.47. The maximum atomic E-state index is 11.6. The van der Waals surface area contributed by atoms with E-state index in [0.717, 1.165) is 12.8 Å². The van der Waals surface area contributed by atoms with Gasteiger partial charge in [-0.15, -0.1) is 0 Å². The second-order valence-corrected chi connectivity index (χ2v) is 4.35. The van der Waals surface area contributed by atoms with E-state index in [1.54, 1.807) is 0 Å². The topological polar surface area (TPSA) is 55.1 Å². The highest BCUT2D eigenvalue weighted by atomic mass is 16.1. The highest BCUT2D eigenvalue weighted by molar-refractivity contribution is 5.79. The van der Waals surface area contributed by atoms with Gasteiger partial charge in [0.05, 0.1) is 5.92 Å². The van der Waals surface area contributed by atoms with Crippen LogP contribution in [0.25, 0.3) is 0 Å². The van der Waals surface area contributed by atoms with Gasteiger partial charge in [-0.05, 0) is 26.2 Å². The molecule has 0 aliphatic heterocycles. The maximum Gasteiger partial charge on any atom is 0.224 e. The van der Waals surface area contributed by atoms with E-state index >= 15 is 0 Å². The van der Waals surface area contributed by atoms with Crippen molar-refractivity contribution in [3.8, 4) is 0 Å². The third-order valence-electron chi connectivity index (χ3n) is 2.47. The lowest BCUT2D eigenvalue weighted by atomic mass is 9.93. The van der Waals surface area contributed by atoms with Crippen LogP contribution in [0.1, 0.15) is 40.5 Å². The lowest BCUT2D eigenvalue weighted by molar-refractivity contribution is -0.125. The molecule has 0 spiro atoms. The van der Waals surface area contributed by atoms with Gasteiger partial charge < -0.3 is 11.1 Å². The highest BCUT2D eigenvalue weighted by Crippen LogP contribution is 2.14. The molecule has 3 nitrogen and oxygen atoms in total. The fourth-order valence-electron chi connectivity index (χ4n) is 1.37. The van der Waals surface area contributed by atoms with E-state index in [1.165, 1.54) is 0 Å². The van der Waals surface area contributed by atoms with Crippen LogP contribution >= 0.6 is 0 Å². The molecule has 0 fully saturated rings. The molecule has 0 saturated carbocycles. The van der Waals surface area contributed by atoms with Gasteiger partial charge in [0, 0.05) is 12.6 Å². The van der Waals surface area contributed by atoms with Crippen LogP contribution in [0.2, 0.25) is 0 Å². The SMILES string of the molecule is CCC(C)CC(CN)C(=O)NC(C)C. The van der Waals surface area contributed by atoms with E-state index in [9.17, 15) is 4.79 Å². The Labute approximate surface area is 87.4 Å². The molecule has 0 rings (SSSR count). The highest BCUT2D eigenvalue weighted by Gasteiger charge is 2.19. The molecule has 0 aliphatic carbocycles. The van der Waals surface area contributed by atoms with Crippen molar-refractivity contribution in [2.45, 2.75) is 46.6 Å². The first-order valence-corrected chi connectivity index (χ1v) is 5.51. The summed E-state index contributed by atoms with van der Waals surface area (Å²) in [5.74, 6) is 0.650. The Bertz CT molecular complexity index is 169. The van der Waals surface area contributed by atoms with Crippen LogP contribution in [-0.2, 0) is 4.79 Å². The van der Waals surface area contributed by atoms with E-state index in [4.69, 9.17) is 5.73 Å². The predicted octanol–water partition coefficient (Wildman–Crippen LogP) is 1.52. The minimum atomic E-state index is -0.0210. The molecule has 0 radical (unpaired) electrons. The molecular formula is C11H24N2O. The Balaban J connectivity index is 4.05. The van der Waals surface area contributed by atoms with Crippen LogP contribution in [-0.4, -0.2) is 18.5 Å². The average molecular weight is 200 g/mol. The molecule has 2 atom stereocenters. The lowest BCUT2D eigenvalue weighted by Crippen LogP contribution is -2.39. The molecule has 2 unspecified atom stereocenters. The van der Waals surface area contributed by atoms with Gasteiger partial charge in [-0.25, -0.2) is 0 Å². The van der Waals surface area contributed by atoms with Gasteiger partial charge >= 0.3 is 0 Å². The predicted molar refractivity (Wildman–Crippen MR) is 59.9 cm³/mol. The first-order valence-electron chi connectivity index (χ1n) is 5.51. The smallest absolute Gasteiger partial charge is 0.224 e. The Morgan fingerprint density at radius 2 is 1.93 bits per heavy atom. The third kappa shape index (κ3) is 5.22. The van der Waals surface area contributed by atoms with Crippen molar-refractivity contribution < 1.29 is 4.79 Å². The van der Waals surface area contributed by atoms with Crippen LogP contribution in [0.15, 0.2) is 0 Å². The quantitative estimate of drug-likeness (QED) is 0.683. The van der Waals surface area contributed by atoms with Crippen molar-refractivity contribution in [1.82, 2.24) is 5.32 Å². The minimum Gasteiger partial charge on any atom is -0.354 e. The number of nitrogens with one attached hydrogen (secondary N) is 1. The summed E-state index contributed by atoms with van der Waals surface area (Å²) < 4.78 is 0. The van der Waals surface area contributed by atoms with E-state index in [1.807, 2.05) is 13.8 Å². The number of hydrogen-bond acceptors (Lipinski definition) is 2. The van der Waals surface area contributed by atoms with Crippen molar-refractivity contribution >= 4 is 5.91 Å². The Hall–Kier alpha value is -0.570. The minimum absolute atomic E-state index is 0.0210. The van der Waals surface area contributed by atoms with Gasteiger partial charge in [0.2, 0.25) is 5.91 Å². The van der Waals surface area contributed by atoms with E-state index in [2.05, 4.69) is 19.2 Å². The summed E-state index contributed by atoms with van der Waals surface area (Å²) in [7, 11) is 0. The summed E-state index contributed by atoms with van der Waals surface area (Å²) in [6.45, 7) is 8.68. The summed E-state index contributed by atoms with van der Waals surface area (Å²) in [5.41, 5.74) is 5.59. The standard InChI is InChI=1S/C11H24N2O/c1-5-9(4)6-10(7-12)11(14)13-8(2)3/h8-10H,5-7,12H2,1-4H3,(H,13,14). The molecule has 3 heteroatoms. The maximum absolute atomic E-state index is 11.6. The summed E-state index contributed by atoms with van der Waals surface area (Å²) in [4.78, 5) is 11.6. The van der Waals surface area contributed by atoms with Gasteiger partial charge in [0.25, 0.3) is 0 Å². The van der Waals surface area contributed by atoms with Gasteiger partial charge in [-0.1, -0.05) is 20.3 Å². The summed E-state index contributed by atoms with van der Waals surface area (Å²) in [6.07, 6.45) is 2.00. The fraction of sp³-hybridized carbons (Fsp3) is 0.909. The molecule has 14 heavy (non-hydrogen) atoms. The van der Waals surface area contributed by atoms with E-state index < -0.39 is 0 Å². The van der Waals surface area contributed by atoms with Gasteiger partial charge in [-0.2, -0.15) is 0 Å². The summed E-state index contributed by atoms with van der Waals surface area (Å²) in [6, 6.07) is 0.202. The molecule has 0 aromatic carbocycles. The Kier molecular flexibility index (Phi) is 6.54. The van der Waals surface area contributed by atoms with Crippen molar-refractivity contribution in [1.29, 1.82) is 0 Å². The van der Waals surface area contributed by atoms with Crippen LogP contribution in [0.5, 0.6) is 0 Å². The van der Waals surface area contributed by atoms with E-state index in [0.29, 0.717) is 12.5 Å². The van der Waals surface area contributed by atoms with Crippen LogP contribution in [0, 0.1) is 11.8 Å². The molecule has 0 aromatic heterocycles. The zero-order valence-corrected chi connectivity index (χ0v) is 9.84. The molecule has 0 aromatic rings. The first-order chi connectivity index (χ1) is 6.51. The number of rotatable bonds is 6. The first kappa shape index (κ1) is 13.4. The van der Waals surface area contributed by atoms with Gasteiger partial charge in [0.15, 0.2) is 0 Å². The summed E-state index contributed by atoms with van der Waals surface area (Å²) in [5, 5.41) is 2.90. The zero-order chi connectivity index (χ0) is 11.1. The second-order valence-electron chi connectivity index (χ2n) is 4.35. The number of nitrogens with two attached hydrogens (primary N) is 1. The molecular weight excluding hydrogens is 176 g/mol. The molecule has 84 valence electrons. The zero-order valence-electron chi connectivity index (χ0n) is 9.84. The number of amides is 1. The van der Waals surface area contributed by atoms with Crippen molar-refractivity contribution in [3.05, 3.63) is 0 Å². The van der Waals surface area contributed by atoms with E-state index in [-0.39, 0.29) is 17.9 Å². The van der Waals surface area contributed by atoms with Gasteiger partial charge in [0.1, 0.15) is 0 Å². The largest absolute Gasteiger partial charge is 0.354 e. The molecule has 0 aliphatic rings. The van der Waals surface area contributed by atoms with Crippen LogP contribution in [0.4, 0.5) is 0 Å². The molecule has 0 heterocycles. The summed E-state index contributed by atoms with van der Waals surface area (Å²) >= 11 is 0. The normalized spacial score (nSPS) is 15.3. The lowest BCUT2D eigenvalue weighted by Gasteiger charge is -2.19. The van der Waals surface area contributed by atoms with Crippen molar-refractivity contribution in [3.63, 3.8) is 0 Å². The molecule has 1 amide bonds. The molecule has 0 bridgehead atoms.